The number of hydrogen-bond donors (Lipinski definition) is 0. The predicted molar refractivity (Wildman–Crippen MR) is 105 cm³/mol. The van der Waals surface area contributed by atoms with E-state index in [1.54, 1.807) is 4.90 Å². The van der Waals surface area contributed by atoms with Gasteiger partial charge in [-0.25, -0.2) is 4.79 Å². The van der Waals surface area contributed by atoms with Gasteiger partial charge in [-0.15, -0.1) is 0 Å². The molecule has 5 heteroatoms. The predicted octanol–water partition coefficient (Wildman–Crippen LogP) is 4.36. The quantitative estimate of drug-likeness (QED) is 0.796. The van der Waals surface area contributed by atoms with Crippen LogP contribution in [0.1, 0.15) is 37.9 Å². The monoisotopic (exact) mass is 363 g/mol. The van der Waals surface area contributed by atoms with Crippen LogP contribution < -0.4 is 4.90 Å². The summed E-state index contributed by atoms with van der Waals surface area (Å²) in [6, 6.07) is 19.9. The first kappa shape index (κ1) is 18.8. The zero-order valence-electron chi connectivity index (χ0n) is 16.1. The van der Waals surface area contributed by atoms with E-state index in [4.69, 9.17) is 10.00 Å². The van der Waals surface area contributed by atoms with Gasteiger partial charge in [0.25, 0.3) is 0 Å². The molecule has 0 aromatic heterocycles. The van der Waals surface area contributed by atoms with E-state index < -0.39 is 5.60 Å². The minimum absolute atomic E-state index is 0.00131. The molecule has 2 aromatic carbocycles. The maximum Gasteiger partial charge on any atom is 0.410 e. The molecule has 5 nitrogen and oxygen atoms in total. The summed E-state index contributed by atoms with van der Waals surface area (Å²) in [5.41, 5.74) is 2.31. The van der Waals surface area contributed by atoms with Crippen molar-refractivity contribution in [3.63, 3.8) is 0 Å². The number of carbonyl (C=O) groups excluding carboxylic acids is 1. The lowest BCUT2D eigenvalue weighted by molar-refractivity contribution is 0.0214. The molecule has 0 saturated carbocycles. The molecular formula is C22H25N3O2. The highest BCUT2D eigenvalue weighted by molar-refractivity contribution is 5.69. The fourth-order valence-electron chi connectivity index (χ4n) is 3.27. The number of nitriles is 1. The van der Waals surface area contributed by atoms with E-state index in [1.165, 1.54) is 0 Å². The molecule has 1 heterocycles. The number of benzene rings is 2. The average Bonchev–Trinajstić information content (AvgIpc) is 2.67. The number of amides is 1. The van der Waals surface area contributed by atoms with Crippen molar-refractivity contribution in [3.05, 3.63) is 65.7 Å². The molecule has 0 aliphatic carbocycles. The molecule has 2 aromatic rings. The van der Waals surface area contributed by atoms with E-state index >= 15 is 0 Å². The molecule has 0 bridgehead atoms. The van der Waals surface area contributed by atoms with Crippen molar-refractivity contribution in [1.82, 2.24) is 4.90 Å². The highest BCUT2D eigenvalue weighted by atomic mass is 16.6. The Labute approximate surface area is 160 Å². The summed E-state index contributed by atoms with van der Waals surface area (Å²) in [6.45, 7) is 7.50. The van der Waals surface area contributed by atoms with Crippen LogP contribution in [0.2, 0.25) is 0 Å². The minimum atomic E-state index is -0.516. The van der Waals surface area contributed by atoms with Crippen LogP contribution in [0.3, 0.4) is 0 Å². The Morgan fingerprint density at radius 1 is 1.07 bits per heavy atom. The first-order chi connectivity index (χ1) is 12.9. The second kappa shape index (κ2) is 7.71. The standard InChI is InChI=1S/C22H25N3O2/c1-22(2,3)27-21(26)24-13-14-25(19-7-5-4-6-8-19)20(16-24)18-11-9-17(15-23)10-12-18/h4-12,20H,13-14,16H2,1-3H3. The maximum atomic E-state index is 12.6. The lowest BCUT2D eigenvalue weighted by Gasteiger charge is -2.43. The molecule has 1 unspecified atom stereocenters. The Bertz CT molecular complexity index is 819. The zero-order valence-corrected chi connectivity index (χ0v) is 16.1. The number of piperazine rings is 1. The fraction of sp³-hybridized carbons (Fsp3) is 0.364. The van der Waals surface area contributed by atoms with Crippen molar-refractivity contribution in [1.29, 1.82) is 5.26 Å². The van der Waals surface area contributed by atoms with Gasteiger partial charge in [0.1, 0.15) is 5.60 Å². The van der Waals surface area contributed by atoms with Gasteiger partial charge in [-0.05, 0) is 50.6 Å². The van der Waals surface area contributed by atoms with E-state index in [0.29, 0.717) is 25.2 Å². The summed E-state index contributed by atoms with van der Waals surface area (Å²) in [5, 5.41) is 9.06. The van der Waals surface area contributed by atoms with Crippen LogP contribution in [0.15, 0.2) is 54.6 Å². The largest absolute Gasteiger partial charge is 0.444 e. The molecule has 1 atom stereocenters. The third kappa shape index (κ3) is 4.59. The summed E-state index contributed by atoms with van der Waals surface area (Å²) < 4.78 is 5.56. The molecule has 1 aliphatic rings. The number of hydrogen-bond acceptors (Lipinski definition) is 4. The second-order valence-corrected chi connectivity index (χ2v) is 7.70. The van der Waals surface area contributed by atoms with Crippen LogP contribution in [0.5, 0.6) is 0 Å². The van der Waals surface area contributed by atoms with E-state index in [1.807, 2.05) is 63.2 Å². The molecule has 0 N–H and O–H groups in total. The van der Waals surface area contributed by atoms with Gasteiger partial charge in [0.15, 0.2) is 0 Å². The van der Waals surface area contributed by atoms with Crippen LogP contribution in [0, 0.1) is 11.3 Å². The third-order valence-electron chi connectivity index (χ3n) is 4.54. The van der Waals surface area contributed by atoms with E-state index in [-0.39, 0.29) is 12.1 Å². The van der Waals surface area contributed by atoms with Crippen molar-refractivity contribution in [3.8, 4) is 6.07 Å². The summed E-state index contributed by atoms with van der Waals surface area (Å²) in [7, 11) is 0. The van der Waals surface area contributed by atoms with Crippen molar-refractivity contribution in [2.24, 2.45) is 0 Å². The van der Waals surface area contributed by atoms with Gasteiger partial charge in [-0.2, -0.15) is 5.26 Å². The number of rotatable bonds is 2. The number of carbonyl (C=O) groups is 1. The molecule has 0 radical (unpaired) electrons. The van der Waals surface area contributed by atoms with Crippen molar-refractivity contribution in [2.75, 3.05) is 24.5 Å². The zero-order chi connectivity index (χ0) is 19.4. The van der Waals surface area contributed by atoms with Gasteiger partial charge in [0.05, 0.1) is 17.7 Å². The van der Waals surface area contributed by atoms with E-state index in [0.717, 1.165) is 11.3 Å². The van der Waals surface area contributed by atoms with Gasteiger partial charge in [0.2, 0.25) is 0 Å². The summed E-state index contributed by atoms with van der Waals surface area (Å²) in [5.74, 6) is 0. The molecule has 0 spiro atoms. The minimum Gasteiger partial charge on any atom is -0.444 e. The summed E-state index contributed by atoms with van der Waals surface area (Å²) in [4.78, 5) is 16.7. The van der Waals surface area contributed by atoms with E-state index in [9.17, 15) is 4.79 Å². The Morgan fingerprint density at radius 2 is 1.74 bits per heavy atom. The highest BCUT2D eigenvalue weighted by Crippen LogP contribution is 2.31. The second-order valence-electron chi connectivity index (χ2n) is 7.70. The SMILES string of the molecule is CC(C)(C)OC(=O)N1CCN(c2ccccc2)C(c2ccc(C#N)cc2)C1. The van der Waals surface area contributed by atoms with Crippen LogP contribution in [0.4, 0.5) is 10.5 Å². The number of nitrogens with zero attached hydrogens (tertiary/aromatic N) is 3. The van der Waals surface area contributed by atoms with Gasteiger partial charge in [0, 0.05) is 25.3 Å². The molecule has 27 heavy (non-hydrogen) atoms. The van der Waals surface area contributed by atoms with Crippen LogP contribution >= 0.6 is 0 Å². The molecule has 3 rings (SSSR count). The lowest BCUT2D eigenvalue weighted by atomic mass is 10.00. The lowest BCUT2D eigenvalue weighted by Crippen LogP contribution is -2.51. The van der Waals surface area contributed by atoms with Gasteiger partial charge >= 0.3 is 6.09 Å². The smallest absolute Gasteiger partial charge is 0.410 e. The van der Waals surface area contributed by atoms with Crippen molar-refractivity contribution >= 4 is 11.8 Å². The molecule has 1 saturated heterocycles. The van der Waals surface area contributed by atoms with Crippen LogP contribution in [-0.4, -0.2) is 36.2 Å². The highest BCUT2D eigenvalue weighted by Gasteiger charge is 2.33. The molecule has 1 aliphatic heterocycles. The van der Waals surface area contributed by atoms with E-state index in [2.05, 4.69) is 23.1 Å². The Hall–Kier alpha value is -3.00. The number of ether oxygens (including phenoxy) is 1. The fourth-order valence-corrected chi connectivity index (χ4v) is 3.27. The Kier molecular flexibility index (Phi) is 5.36. The maximum absolute atomic E-state index is 12.6. The topological polar surface area (TPSA) is 56.6 Å². The van der Waals surface area contributed by atoms with Crippen LogP contribution in [0.25, 0.3) is 0 Å². The Morgan fingerprint density at radius 3 is 2.33 bits per heavy atom. The van der Waals surface area contributed by atoms with Gasteiger partial charge in [-0.1, -0.05) is 30.3 Å². The average molecular weight is 363 g/mol. The first-order valence-corrected chi connectivity index (χ1v) is 9.17. The van der Waals surface area contributed by atoms with Crippen molar-refractivity contribution in [2.45, 2.75) is 32.4 Å². The normalized spacial score (nSPS) is 17.3. The summed E-state index contributed by atoms with van der Waals surface area (Å²) >= 11 is 0. The first-order valence-electron chi connectivity index (χ1n) is 9.17. The Balaban J connectivity index is 1.88. The molecule has 140 valence electrons. The van der Waals surface area contributed by atoms with Crippen molar-refractivity contribution < 1.29 is 9.53 Å². The summed E-state index contributed by atoms with van der Waals surface area (Å²) in [6.07, 6.45) is -0.283. The molecular weight excluding hydrogens is 338 g/mol. The molecule has 1 fully saturated rings. The van der Waals surface area contributed by atoms with Gasteiger partial charge in [-0.3, -0.25) is 0 Å². The number of para-hydroxylation sites is 1. The van der Waals surface area contributed by atoms with Gasteiger partial charge < -0.3 is 14.5 Å². The van der Waals surface area contributed by atoms with Crippen LogP contribution in [-0.2, 0) is 4.74 Å². The number of anilines is 1. The molecule has 1 amide bonds. The third-order valence-corrected chi connectivity index (χ3v) is 4.54.